The molecule has 0 aromatic carbocycles. The molecule has 2 aromatic rings. The minimum Gasteiger partial charge on any atom is -0.489 e. The van der Waals surface area contributed by atoms with Crippen molar-refractivity contribution in [2.45, 2.75) is 18.9 Å². The van der Waals surface area contributed by atoms with Crippen molar-refractivity contribution >= 4 is 29.0 Å². The maximum atomic E-state index is 6.12. The lowest BCUT2D eigenvalue weighted by Crippen LogP contribution is -2.38. The molecule has 1 fully saturated rings. The van der Waals surface area contributed by atoms with Crippen LogP contribution >= 0.6 is 23.2 Å². The van der Waals surface area contributed by atoms with E-state index >= 15 is 0 Å². The highest BCUT2D eigenvalue weighted by molar-refractivity contribution is 6.32. The van der Waals surface area contributed by atoms with E-state index in [1.54, 1.807) is 24.7 Å². The molecule has 0 saturated carbocycles. The van der Waals surface area contributed by atoms with Gasteiger partial charge in [0, 0.05) is 38.2 Å². The van der Waals surface area contributed by atoms with Crippen LogP contribution in [-0.4, -0.2) is 34.1 Å². The fraction of sp³-hybridized carbons (Fsp3) is 0.357. The van der Waals surface area contributed by atoms with Crippen molar-refractivity contribution in [3.05, 3.63) is 41.0 Å². The molecule has 1 saturated heterocycles. The van der Waals surface area contributed by atoms with Crippen LogP contribution in [0.5, 0.6) is 5.75 Å². The van der Waals surface area contributed by atoms with Gasteiger partial charge in [-0.05, 0) is 0 Å². The first-order valence-electron chi connectivity index (χ1n) is 6.70. The fourth-order valence-corrected chi connectivity index (χ4v) is 2.76. The fourth-order valence-electron chi connectivity index (χ4n) is 2.37. The Morgan fingerprint density at radius 1 is 1.10 bits per heavy atom. The van der Waals surface area contributed by atoms with Gasteiger partial charge in [0.25, 0.3) is 0 Å². The van der Waals surface area contributed by atoms with Gasteiger partial charge in [-0.25, -0.2) is 9.97 Å². The quantitative estimate of drug-likeness (QED) is 0.867. The normalized spacial score (nSPS) is 16.0. The number of rotatable bonds is 3. The highest BCUT2D eigenvalue weighted by Gasteiger charge is 2.23. The second-order valence-corrected chi connectivity index (χ2v) is 5.68. The molecule has 0 spiro atoms. The molecule has 5 nitrogen and oxygen atoms in total. The molecule has 0 radical (unpaired) electrons. The molecule has 2 aromatic heterocycles. The Bertz CT molecular complexity index is 617. The minimum absolute atomic E-state index is 0.155. The predicted octanol–water partition coefficient (Wildman–Crippen LogP) is 3.23. The number of aromatic nitrogens is 3. The van der Waals surface area contributed by atoms with Crippen LogP contribution in [0.15, 0.2) is 31.0 Å². The topological polar surface area (TPSA) is 51.1 Å². The maximum Gasteiger partial charge on any atom is 0.150 e. The SMILES string of the molecule is Clc1cncc(OC2CCN(c3ncncc3Cl)CC2)c1. The molecular weight excluding hydrogens is 311 g/mol. The van der Waals surface area contributed by atoms with Crippen LogP contribution < -0.4 is 9.64 Å². The first-order valence-corrected chi connectivity index (χ1v) is 7.45. The van der Waals surface area contributed by atoms with Gasteiger partial charge >= 0.3 is 0 Å². The lowest BCUT2D eigenvalue weighted by atomic mass is 10.1. The lowest BCUT2D eigenvalue weighted by Gasteiger charge is -2.33. The average Bonchev–Trinajstić information content (AvgIpc) is 2.49. The second-order valence-electron chi connectivity index (χ2n) is 4.84. The third-order valence-electron chi connectivity index (χ3n) is 3.37. The van der Waals surface area contributed by atoms with Crippen molar-refractivity contribution < 1.29 is 4.74 Å². The van der Waals surface area contributed by atoms with E-state index in [0.717, 1.165) is 31.7 Å². The first-order chi connectivity index (χ1) is 10.2. The Morgan fingerprint density at radius 3 is 2.62 bits per heavy atom. The number of ether oxygens (including phenoxy) is 1. The Balaban J connectivity index is 1.59. The Hall–Kier alpha value is -1.59. The van der Waals surface area contributed by atoms with Crippen molar-refractivity contribution in [3.8, 4) is 5.75 Å². The van der Waals surface area contributed by atoms with Gasteiger partial charge in [-0.1, -0.05) is 23.2 Å². The van der Waals surface area contributed by atoms with Crippen LogP contribution in [0.1, 0.15) is 12.8 Å². The minimum atomic E-state index is 0.155. The zero-order chi connectivity index (χ0) is 14.7. The molecule has 0 atom stereocenters. The molecule has 0 unspecified atom stereocenters. The molecule has 3 rings (SSSR count). The molecule has 0 aliphatic carbocycles. The summed E-state index contributed by atoms with van der Waals surface area (Å²) in [5, 5.41) is 1.16. The summed E-state index contributed by atoms with van der Waals surface area (Å²) >= 11 is 12.0. The van der Waals surface area contributed by atoms with Crippen molar-refractivity contribution in [2.75, 3.05) is 18.0 Å². The summed E-state index contributed by atoms with van der Waals surface area (Å²) in [5.74, 6) is 1.50. The first kappa shape index (κ1) is 14.4. The van der Waals surface area contributed by atoms with E-state index in [0.29, 0.717) is 15.8 Å². The van der Waals surface area contributed by atoms with Crippen LogP contribution in [-0.2, 0) is 0 Å². The monoisotopic (exact) mass is 324 g/mol. The Kier molecular flexibility index (Phi) is 4.41. The summed E-state index contributed by atoms with van der Waals surface area (Å²) in [4.78, 5) is 14.3. The van der Waals surface area contributed by atoms with Crippen molar-refractivity contribution in [1.82, 2.24) is 15.0 Å². The van der Waals surface area contributed by atoms with E-state index < -0.39 is 0 Å². The van der Waals surface area contributed by atoms with Gasteiger partial charge in [-0.15, -0.1) is 0 Å². The van der Waals surface area contributed by atoms with E-state index in [9.17, 15) is 0 Å². The van der Waals surface area contributed by atoms with Gasteiger partial charge in [0.05, 0.1) is 17.4 Å². The van der Waals surface area contributed by atoms with Gasteiger partial charge < -0.3 is 9.64 Å². The molecule has 3 heterocycles. The predicted molar refractivity (Wildman–Crippen MR) is 82.2 cm³/mol. The largest absolute Gasteiger partial charge is 0.489 e. The summed E-state index contributed by atoms with van der Waals surface area (Å²) in [6.45, 7) is 1.69. The zero-order valence-electron chi connectivity index (χ0n) is 11.2. The number of hydrogen-bond acceptors (Lipinski definition) is 5. The summed E-state index contributed by atoms with van der Waals surface area (Å²) in [7, 11) is 0. The van der Waals surface area contributed by atoms with Crippen molar-refractivity contribution in [3.63, 3.8) is 0 Å². The molecule has 1 aliphatic rings. The maximum absolute atomic E-state index is 6.12. The number of piperidine rings is 1. The van der Waals surface area contributed by atoms with Crippen LogP contribution in [0, 0.1) is 0 Å². The van der Waals surface area contributed by atoms with Crippen LogP contribution in [0.2, 0.25) is 10.0 Å². The molecule has 7 heteroatoms. The van der Waals surface area contributed by atoms with Gasteiger partial charge in [0.15, 0.2) is 5.82 Å². The number of anilines is 1. The highest BCUT2D eigenvalue weighted by Crippen LogP contribution is 2.26. The van der Waals surface area contributed by atoms with Crippen molar-refractivity contribution in [1.29, 1.82) is 0 Å². The molecular formula is C14H14Cl2N4O. The van der Waals surface area contributed by atoms with E-state index in [4.69, 9.17) is 27.9 Å². The number of halogens is 2. The third kappa shape index (κ3) is 3.54. The average molecular weight is 325 g/mol. The van der Waals surface area contributed by atoms with E-state index in [1.807, 2.05) is 0 Å². The summed E-state index contributed by atoms with van der Waals surface area (Å²) in [6, 6.07) is 1.78. The summed E-state index contributed by atoms with van der Waals surface area (Å²) in [6.07, 6.45) is 8.35. The molecule has 0 amide bonds. The third-order valence-corrected chi connectivity index (χ3v) is 3.85. The Labute approximate surface area is 132 Å². The second kappa shape index (κ2) is 6.45. The van der Waals surface area contributed by atoms with Crippen molar-refractivity contribution in [2.24, 2.45) is 0 Å². The van der Waals surface area contributed by atoms with Crippen LogP contribution in [0.4, 0.5) is 5.82 Å². The smallest absolute Gasteiger partial charge is 0.150 e. The molecule has 0 bridgehead atoms. The Morgan fingerprint density at radius 2 is 1.90 bits per heavy atom. The van der Waals surface area contributed by atoms with Gasteiger partial charge in [0.1, 0.15) is 23.2 Å². The van der Waals surface area contributed by atoms with Gasteiger partial charge in [0.2, 0.25) is 0 Å². The van der Waals surface area contributed by atoms with E-state index in [-0.39, 0.29) is 6.10 Å². The molecule has 21 heavy (non-hydrogen) atoms. The summed E-state index contributed by atoms with van der Waals surface area (Å²) in [5.41, 5.74) is 0. The highest BCUT2D eigenvalue weighted by atomic mass is 35.5. The van der Waals surface area contributed by atoms with Crippen LogP contribution in [0.3, 0.4) is 0 Å². The number of pyridine rings is 1. The van der Waals surface area contributed by atoms with Gasteiger partial charge in [-0.2, -0.15) is 0 Å². The van der Waals surface area contributed by atoms with E-state index in [1.165, 1.54) is 6.33 Å². The van der Waals surface area contributed by atoms with E-state index in [2.05, 4.69) is 19.9 Å². The van der Waals surface area contributed by atoms with Gasteiger partial charge in [-0.3, -0.25) is 4.98 Å². The standard InChI is InChI=1S/C14H14Cl2N4O/c15-10-5-12(7-17-6-10)21-11-1-3-20(4-2-11)14-13(16)8-18-9-19-14/h5-9,11H,1-4H2. The zero-order valence-corrected chi connectivity index (χ0v) is 12.8. The summed E-state index contributed by atoms with van der Waals surface area (Å²) < 4.78 is 5.91. The molecule has 110 valence electrons. The number of nitrogens with zero attached hydrogens (tertiary/aromatic N) is 4. The molecule has 0 N–H and O–H groups in total. The molecule has 1 aliphatic heterocycles. The van der Waals surface area contributed by atoms with Crippen LogP contribution in [0.25, 0.3) is 0 Å². The lowest BCUT2D eigenvalue weighted by molar-refractivity contribution is 0.170. The number of hydrogen-bond donors (Lipinski definition) is 0.